The zero-order valence-corrected chi connectivity index (χ0v) is 15.6. The third kappa shape index (κ3) is 5.44. The van der Waals surface area contributed by atoms with Crippen LogP contribution in [0.3, 0.4) is 0 Å². The molecule has 2 aromatic rings. The highest BCUT2D eigenvalue weighted by Crippen LogP contribution is 2.18. The van der Waals surface area contributed by atoms with Crippen molar-refractivity contribution in [2.75, 3.05) is 20.8 Å². The van der Waals surface area contributed by atoms with Crippen LogP contribution in [0.2, 0.25) is 0 Å². The van der Waals surface area contributed by atoms with Crippen molar-refractivity contribution >= 4 is 11.8 Å². The molecule has 0 spiro atoms. The minimum Gasteiger partial charge on any atom is -0.497 e. The maximum atomic E-state index is 14.0. The van der Waals surface area contributed by atoms with Crippen molar-refractivity contribution in [3.8, 4) is 11.5 Å². The molecule has 0 aromatic heterocycles. The van der Waals surface area contributed by atoms with Crippen molar-refractivity contribution in [1.29, 1.82) is 0 Å². The van der Waals surface area contributed by atoms with Gasteiger partial charge in [-0.1, -0.05) is 18.2 Å². The van der Waals surface area contributed by atoms with E-state index in [2.05, 4.69) is 5.32 Å². The quantitative estimate of drug-likeness (QED) is 0.770. The highest BCUT2D eigenvalue weighted by molar-refractivity contribution is 5.87. The molecular formula is C20H23FN2O4. The van der Waals surface area contributed by atoms with Crippen LogP contribution in [-0.4, -0.2) is 43.5 Å². The summed E-state index contributed by atoms with van der Waals surface area (Å²) in [7, 11) is 3.04. The van der Waals surface area contributed by atoms with Gasteiger partial charge >= 0.3 is 0 Å². The molecule has 2 aromatic carbocycles. The lowest BCUT2D eigenvalue weighted by Crippen LogP contribution is -2.48. The van der Waals surface area contributed by atoms with Crippen LogP contribution in [0.15, 0.2) is 48.5 Å². The third-order valence-corrected chi connectivity index (χ3v) is 4.13. The molecule has 0 heterocycles. The molecule has 27 heavy (non-hydrogen) atoms. The van der Waals surface area contributed by atoms with Gasteiger partial charge < -0.3 is 19.7 Å². The van der Waals surface area contributed by atoms with Gasteiger partial charge in [-0.05, 0) is 37.3 Å². The summed E-state index contributed by atoms with van der Waals surface area (Å²) in [6.07, 6.45) is 0. The third-order valence-electron chi connectivity index (χ3n) is 4.13. The van der Waals surface area contributed by atoms with E-state index in [0.29, 0.717) is 17.1 Å². The highest BCUT2D eigenvalue weighted by Gasteiger charge is 2.26. The number of amides is 2. The van der Waals surface area contributed by atoms with E-state index in [-0.39, 0.29) is 19.1 Å². The molecule has 1 atom stereocenters. The maximum Gasteiger partial charge on any atom is 0.261 e. The SMILES string of the molecule is CNC(=O)[C@H](C)N(Cc1ccccc1F)C(=O)COc1ccc(OC)cc1. The zero-order chi connectivity index (χ0) is 19.8. The Labute approximate surface area is 157 Å². The van der Waals surface area contributed by atoms with Crippen molar-refractivity contribution in [2.24, 2.45) is 0 Å². The highest BCUT2D eigenvalue weighted by atomic mass is 19.1. The summed E-state index contributed by atoms with van der Waals surface area (Å²) in [4.78, 5) is 26.0. The van der Waals surface area contributed by atoms with Crippen LogP contribution in [0, 0.1) is 5.82 Å². The first-order valence-corrected chi connectivity index (χ1v) is 8.47. The molecule has 2 amide bonds. The predicted molar refractivity (Wildman–Crippen MR) is 99.0 cm³/mol. The van der Waals surface area contributed by atoms with Gasteiger partial charge in [0.15, 0.2) is 6.61 Å². The van der Waals surface area contributed by atoms with E-state index in [0.717, 1.165) is 0 Å². The van der Waals surface area contributed by atoms with E-state index in [9.17, 15) is 14.0 Å². The summed E-state index contributed by atoms with van der Waals surface area (Å²) in [5, 5.41) is 2.51. The van der Waals surface area contributed by atoms with E-state index in [1.54, 1.807) is 56.5 Å². The maximum absolute atomic E-state index is 14.0. The number of carbonyl (C=O) groups excluding carboxylic acids is 2. The van der Waals surface area contributed by atoms with Crippen LogP contribution in [0.5, 0.6) is 11.5 Å². The Balaban J connectivity index is 2.12. The van der Waals surface area contributed by atoms with E-state index in [1.165, 1.54) is 18.0 Å². The summed E-state index contributed by atoms with van der Waals surface area (Å²) in [5.41, 5.74) is 0.325. The number of halogens is 1. The Morgan fingerprint density at radius 3 is 2.33 bits per heavy atom. The standard InChI is InChI=1S/C20H23FN2O4/c1-14(20(25)22-2)23(12-15-6-4-5-7-18(15)21)19(24)13-27-17-10-8-16(26-3)9-11-17/h4-11,14H,12-13H2,1-3H3,(H,22,25)/t14-/m0/s1. The Morgan fingerprint density at radius 2 is 1.74 bits per heavy atom. The van der Waals surface area contributed by atoms with Gasteiger partial charge in [0.1, 0.15) is 23.4 Å². The second-order valence-corrected chi connectivity index (χ2v) is 5.87. The number of ether oxygens (including phenoxy) is 2. The number of benzene rings is 2. The number of nitrogens with zero attached hydrogens (tertiary/aromatic N) is 1. The topological polar surface area (TPSA) is 67.9 Å². The minimum atomic E-state index is -0.776. The molecule has 6 nitrogen and oxygen atoms in total. The van der Waals surface area contributed by atoms with E-state index < -0.39 is 17.8 Å². The van der Waals surface area contributed by atoms with E-state index in [1.807, 2.05) is 0 Å². The minimum absolute atomic E-state index is 0.0356. The van der Waals surface area contributed by atoms with Crippen molar-refractivity contribution in [2.45, 2.75) is 19.5 Å². The number of hydrogen-bond acceptors (Lipinski definition) is 4. The summed E-state index contributed by atoms with van der Waals surface area (Å²) >= 11 is 0. The Morgan fingerprint density at radius 1 is 1.11 bits per heavy atom. The fourth-order valence-electron chi connectivity index (χ4n) is 2.50. The number of likely N-dealkylation sites (N-methyl/N-ethyl adjacent to an activating group) is 1. The first-order valence-electron chi connectivity index (χ1n) is 8.47. The van der Waals surface area contributed by atoms with Crippen LogP contribution in [0.25, 0.3) is 0 Å². The first-order chi connectivity index (χ1) is 13.0. The zero-order valence-electron chi connectivity index (χ0n) is 15.6. The van der Waals surface area contributed by atoms with Gasteiger partial charge in [0, 0.05) is 19.2 Å². The monoisotopic (exact) mass is 374 g/mol. The molecule has 0 aliphatic rings. The summed E-state index contributed by atoms with van der Waals surface area (Å²) < 4.78 is 24.6. The molecule has 0 fully saturated rings. The van der Waals surface area contributed by atoms with Crippen LogP contribution >= 0.6 is 0 Å². The van der Waals surface area contributed by atoms with Gasteiger partial charge in [0.25, 0.3) is 5.91 Å². The smallest absolute Gasteiger partial charge is 0.261 e. The number of carbonyl (C=O) groups is 2. The van der Waals surface area contributed by atoms with Crippen molar-refractivity contribution in [3.05, 3.63) is 59.9 Å². The lowest BCUT2D eigenvalue weighted by Gasteiger charge is -2.28. The lowest BCUT2D eigenvalue weighted by atomic mass is 10.1. The van der Waals surface area contributed by atoms with Crippen molar-refractivity contribution in [3.63, 3.8) is 0 Å². The van der Waals surface area contributed by atoms with Gasteiger partial charge in [-0.25, -0.2) is 4.39 Å². The molecule has 0 aliphatic heterocycles. The predicted octanol–water partition coefficient (Wildman–Crippen LogP) is 2.38. The molecular weight excluding hydrogens is 351 g/mol. The number of methoxy groups -OCH3 is 1. The molecule has 0 unspecified atom stereocenters. The molecule has 7 heteroatoms. The van der Waals surface area contributed by atoms with E-state index in [4.69, 9.17) is 9.47 Å². The van der Waals surface area contributed by atoms with E-state index >= 15 is 0 Å². The molecule has 0 saturated carbocycles. The van der Waals surface area contributed by atoms with Crippen LogP contribution in [-0.2, 0) is 16.1 Å². The van der Waals surface area contributed by atoms with Crippen LogP contribution in [0.1, 0.15) is 12.5 Å². The second-order valence-electron chi connectivity index (χ2n) is 5.87. The van der Waals surface area contributed by atoms with Gasteiger partial charge in [0.2, 0.25) is 5.91 Å². The van der Waals surface area contributed by atoms with Gasteiger partial charge in [0.05, 0.1) is 7.11 Å². The Hall–Kier alpha value is -3.09. The van der Waals surface area contributed by atoms with Gasteiger partial charge in [-0.15, -0.1) is 0 Å². The molecule has 144 valence electrons. The lowest BCUT2D eigenvalue weighted by molar-refractivity contribution is -0.142. The average Bonchev–Trinajstić information content (AvgIpc) is 2.70. The number of hydrogen-bond donors (Lipinski definition) is 1. The molecule has 0 aliphatic carbocycles. The molecule has 0 radical (unpaired) electrons. The van der Waals surface area contributed by atoms with Crippen LogP contribution in [0.4, 0.5) is 4.39 Å². The molecule has 0 saturated heterocycles. The molecule has 0 bridgehead atoms. The molecule has 2 rings (SSSR count). The van der Waals surface area contributed by atoms with Crippen LogP contribution < -0.4 is 14.8 Å². The van der Waals surface area contributed by atoms with Gasteiger partial charge in [-0.3, -0.25) is 9.59 Å². The summed E-state index contributed by atoms with van der Waals surface area (Å²) in [6, 6.07) is 12.1. The Kier molecular flexibility index (Phi) is 7.16. The normalized spacial score (nSPS) is 11.4. The average molecular weight is 374 g/mol. The summed E-state index contributed by atoms with van der Waals surface area (Å²) in [5.74, 6) is -0.0459. The largest absolute Gasteiger partial charge is 0.497 e. The molecule has 1 N–H and O–H groups in total. The van der Waals surface area contributed by atoms with Crippen molar-refractivity contribution < 1.29 is 23.5 Å². The van der Waals surface area contributed by atoms with Gasteiger partial charge in [-0.2, -0.15) is 0 Å². The second kappa shape index (κ2) is 9.56. The fraction of sp³-hybridized carbons (Fsp3) is 0.300. The van der Waals surface area contributed by atoms with Crippen molar-refractivity contribution in [1.82, 2.24) is 10.2 Å². The number of rotatable bonds is 8. The first kappa shape index (κ1) is 20.2. The number of nitrogens with one attached hydrogen (secondary N) is 1. The fourth-order valence-corrected chi connectivity index (χ4v) is 2.50. The summed E-state index contributed by atoms with van der Waals surface area (Å²) in [6.45, 7) is 1.28. The Bertz CT molecular complexity index is 780.